The van der Waals surface area contributed by atoms with Crippen LogP contribution in [0.15, 0.2) is 28.1 Å². The Morgan fingerprint density at radius 3 is 2.93 bits per heavy atom. The molecule has 1 aliphatic heterocycles. The second-order valence-electron chi connectivity index (χ2n) is 2.73. The van der Waals surface area contributed by atoms with Gasteiger partial charge in [-0.1, -0.05) is 0 Å². The molecule has 0 fully saturated rings. The lowest BCUT2D eigenvalue weighted by molar-refractivity contribution is 0.375. The normalized spacial score (nSPS) is 14.6. The van der Waals surface area contributed by atoms with Crippen LogP contribution in [0.3, 0.4) is 0 Å². The number of rotatable bonds is 1. The summed E-state index contributed by atoms with van der Waals surface area (Å²) >= 11 is 0. The van der Waals surface area contributed by atoms with Crippen LogP contribution < -0.4 is 4.74 Å². The van der Waals surface area contributed by atoms with E-state index in [2.05, 4.69) is 4.99 Å². The molecule has 1 heterocycles. The fraction of sp³-hybridized carbons (Fsp3) is 0.125. The zero-order chi connectivity index (χ0) is 10.2. The molecular formula is C8H7NO4S. The molecule has 0 aromatic heterocycles. The molecule has 14 heavy (non-hydrogen) atoms. The SMILES string of the molecule is O=S(=O)(O)c1ccc2c(c1)OCC=N2. The van der Waals surface area contributed by atoms with Crippen molar-refractivity contribution in [1.82, 2.24) is 0 Å². The van der Waals surface area contributed by atoms with Crippen LogP contribution in [0.4, 0.5) is 5.69 Å². The van der Waals surface area contributed by atoms with Crippen LogP contribution in [-0.2, 0) is 10.1 Å². The van der Waals surface area contributed by atoms with Gasteiger partial charge in [0.25, 0.3) is 10.1 Å². The lowest BCUT2D eigenvalue weighted by Gasteiger charge is -2.11. The molecule has 74 valence electrons. The summed E-state index contributed by atoms with van der Waals surface area (Å²) in [4.78, 5) is 3.80. The Morgan fingerprint density at radius 2 is 2.21 bits per heavy atom. The Balaban J connectivity index is 2.55. The predicted molar refractivity (Wildman–Crippen MR) is 49.9 cm³/mol. The van der Waals surface area contributed by atoms with Crippen molar-refractivity contribution in [1.29, 1.82) is 0 Å². The number of ether oxygens (including phenoxy) is 1. The number of hydrogen-bond acceptors (Lipinski definition) is 4. The van der Waals surface area contributed by atoms with Gasteiger partial charge in [-0.25, -0.2) is 0 Å². The second kappa shape index (κ2) is 3.07. The summed E-state index contributed by atoms with van der Waals surface area (Å²) in [5, 5.41) is 0. The molecule has 0 amide bonds. The van der Waals surface area contributed by atoms with Crippen LogP contribution in [0.1, 0.15) is 0 Å². The minimum atomic E-state index is -4.17. The van der Waals surface area contributed by atoms with Crippen LogP contribution in [0.25, 0.3) is 0 Å². The largest absolute Gasteiger partial charge is 0.486 e. The average Bonchev–Trinajstić information content (AvgIpc) is 2.16. The summed E-state index contributed by atoms with van der Waals surface area (Å²) in [6.45, 7) is 0.307. The molecule has 0 atom stereocenters. The quantitative estimate of drug-likeness (QED) is 0.707. The van der Waals surface area contributed by atoms with E-state index < -0.39 is 10.1 Å². The summed E-state index contributed by atoms with van der Waals surface area (Å²) in [6, 6.07) is 4.01. The summed E-state index contributed by atoms with van der Waals surface area (Å²) < 4.78 is 35.5. The molecule has 0 unspecified atom stereocenters. The van der Waals surface area contributed by atoms with Crippen molar-refractivity contribution < 1.29 is 17.7 Å². The fourth-order valence-corrected chi connectivity index (χ4v) is 1.64. The molecule has 1 aliphatic rings. The first-order valence-corrected chi connectivity index (χ1v) is 5.28. The summed E-state index contributed by atoms with van der Waals surface area (Å²) in [5.74, 6) is 0.364. The third-order valence-electron chi connectivity index (χ3n) is 1.77. The minimum absolute atomic E-state index is 0.187. The Morgan fingerprint density at radius 1 is 1.43 bits per heavy atom. The smallest absolute Gasteiger partial charge is 0.294 e. The van der Waals surface area contributed by atoms with Gasteiger partial charge >= 0.3 is 0 Å². The van der Waals surface area contributed by atoms with Crippen LogP contribution in [-0.4, -0.2) is 25.8 Å². The zero-order valence-electron chi connectivity index (χ0n) is 7.04. The van der Waals surface area contributed by atoms with E-state index in [9.17, 15) is 8.42 Å². The molecular weight excluding hydrogens is 206 g/mol. The molecule has 1 aromatic carbocycles. The Kier molecular flexibility index (Phi) is 2.01. The van der Waals surface area contributed by atoms with E-state index in [1.54, 1.807) is 6.21 Å². The van der Waals surface area contributed by atoms with Crippen molar-refractivity contribution in [2.24, 2.45) is 4.99 Å². The van der Waals surface area contributed by atoms with Crippen molar-refractivity contribution in [2.45, 2.75) is 4.90 Å². The van der Waals surface area contributed by atoms with Gasteiger partial charge in [0.15, 0.2) is 0 Å². The maximum atomic E-state index is 10.8. The van der Waals surface area contributed by atoms with Gasteiger partial charge in [0.1, 0.15) is 18.0 Å². The molecule has 0 radical (unpaired) electrons. The van der Waals surface area contributed by atoms with Crippen LogP contribution in [0, 0.1) is 0 Å². The average molecular weight is 213 g/mol. The highest BCUT2D eigenvalue weighted by atomic mass is 32.2. The number of hydrogen-bond donors (Lipinski definition) is 1. The van der Waals surface area contributed by atoms with Gasteiger partial charge in [0, 0.05) is 12.3 Å². The topological polar surface area (TPSA) is 76.0 Å². The van der Waals surface area contributed by atoms with Gasteiger partial charge < -0.3 is 4.74 Å². The first-order valence-electron chi connectivity index (χ1n) is 3.84. The summed E-state index contributed by atoms with van der Waals surface area (Å²) in [7, 11) is -4.17. The van der Waals surface area contributed by atoms with Crippen LogP contribution in [0.2, 0.25) is 0 Å². The summed E-state index contributed by atoms with van der Waals surface area (Å²) in [6.07, 6.45) is 1.58. The summed E-state index contributed by atoms with van der Waals surface area (Å²) in [5.41, 5.74) is 0.559. The molecule has 0 spiro atoms. The van der Waals surface area contributed by atoms with E-state index in [0.29, 0.717) is 18.0 Å². The predicted octanol–water partition coefficient (Wildman–Crippen LogP) is 1.03. The standard InChI is InChI=1S/C8H7NO4S/c10-14(11,12)6-1-2-7-8(5-6)13-4-3-9-7/h1-3,5H,4H2,(H,10,11,12). The third kappa shape index (κ3) is 1.61. The Bertz CT molecular complexity index is 492. The van der Waals surface area contributed by atoms with Crippen molar-refractivity contribution in [3.05, 3.63) is 18.2 Å². The van der Waals surface area contributed by atoms with Gasteiger partial charge in [-0.15, -0.1) is 0 Å². The van der Waals surface area contributed by atoms with Gasteiger partial charge in [0.05, 0.1) is 4.90 Å². The van der Waals surface area contributed by atoms with Crippen molar-refractivity contribution in [3.63, 3.8) is 0 Å². The number of fused-ring (bicyclic) bond motifs is 1. The van der Waals surface area contributed by atoms with Crippen molar-refractivity contribution >= 4 is 22.0 Å². The number of nitrogens with zero attached hydrogens (tertiary/aromatic N) is 1. The Labute approximate surface area is 80.8 Å². The first-order chi connectivity index (χ1) is 6.57. The maximum absolute atomic E-state index is 10.8. The van der Waals surface area contributed by atoms with Crippen molar-refractivity contribution in [3.8, 4) is 5.75 Å². The van der Waals surface area contributed by atoms with E-state index >= 15 is 0 Å². The van der Waals surface area contributed by atoms with Gasteiger partial charge in [-0.2, -0.15) is 8.42 Å². The minimum Gasteiger partial charge on any atom is -0.486 e. The molecule has 6 heteroatoms. The van der Waals surface area contributed by atoms with E-state index in [4.69, 9.17) is 9.29 Å². The van der Waals surface area contributed by atoms with E-state index in [1.165, 1.54) is 18.2 Å². The van der Waals surface area contributed by atoms with E-state index in [0.717, 1.165) is 0 Å². The van der Waals surface area contributed by atoms with Gasteiger partial charge in [0.2, 0.25) is 0 Å². The fourth-order valence-electron chi connectivity index (χ4n) is 1.14. The molecule has 0 bridgehead atoms. The molecule has 0 aliphatic carbocycles. The number of aliphatic imine (C=N–C) groups is 1. The zero-order valence-corrected chi connectivity index (χ0v) is 7.86. The molecule has 2 rings (SSSR count). The Hall–Kier alpha value is -1.40. The van der Waals surface area contributed by atoms with E-state index in [-0.39, 0.29) is 4.90 Å². The molecule has 5 nitrogen and oxygen atoms in total. The molecule has 0 saturated carbocycles. The third-order valence-corrected chi connectivity index (χ3v) is 2.62. The second-order valence-corrected chi connectivity index (χ2v) is 4.15. The maximum Gasteiger partial charge on any atom is 0.294 e. The first kappa shape index (κ1) is 9.17. The van der Waals surface area contributed by atoms with Crippen LogP contribution in [0.5, 0.6) is 5.75 Å². The highest BCUT2D eigenvalue weighted by Crippen LogP contribution is 2.31. The van der Waals surface area contributed by atoms with Crippen molar-refractivity contribution in [2.75, 3.05) is 6.61 Å². The lowest BCUT2D eigenvalue weighted by Crippen LogP contribution is -2.04. The number of benzene rings is 1. The van der Waals surface area contributed by atoms with Gasteiger partial charge in [-0.3, -0.25) is 9.55 Å². The van der Waals surface area contributed by atoms with Gasteiger partial charge in [-0.05, 0) is 12.1 Å². The highest BCUT2D eigenvalue weighted by Gasteiger charge is 2.14. The molecule has 1 aromatic rings. The molecule has 1 N–H and O–H groups in total. The molecule has 0 saturated heterocycles. The lowest BCUT2D eigenvalue weighted by atomic mass is 10.3. The van der Waals surface area contributed by atoms with Crippen LogP contribution >= 0.6 is 0 Å². The van der Waals surface area contributed by atoms with E-state index in [1.807, 2.05) is 0 Å². The monoisotopic (exact) mass is 213 g/mol. The highest BCUT2D eigenvalue weighted by molar-refractivity contribution is 7.85.